The normalized spacial score (nSPS) is 10.6. The lowest BCUT2D eigenvalue weighted by Crippen LogP contribution is -2.17. The van der Waals surface area contributed by atoms with Crippen LogP contribution in [0.25, 0.3) is 0 Å². The van der Waals surface area contributed by atoms with Crippen LogP contribution in [0.3, 0.4) is 0 Å². The third-order valence-electron chi connectivity index (χ3n) is 3.00. The minimum Gasteiger partial charge on any atom is -0.504 e. The van der Waals surface area contributed by atoms with E-state index in [9.17, 15) is 24.4 Å². The van der Waals surface area contributed by atoms with Crippen LogP contribution in [-0.4, -0.2) is 29.3 Å². The molecular formula is C15H12FN3O5. The summed E-state index contributed by atoms with van der Waals surface area (Å²) in [5.74, 6) is -1.55. The first-order valence-corrected chi connectivity index (χ1v) is 6.56. The third kappa shape index (κ3) is 3.83. The molecule has 2 N–H and O–H groups in total. The van der Waals surface area contributed by atoms with E-state index in [0.29, 0.717) is 0 Å². The van der Waals surface area contributed by atoms with E-state index >= 15 is 0 Å². The molecule has 0 unspecified atom stereocenters. The molecule has 0 saturated carbocycles. The highest BCUT2D eigenvalue weighted by molar-refractivity contribution is 5.95. The molecule has 0 atom stereocenters. The van der Waals surface area contributed by atoms with Gasteiger partial charge in [0.05, 0.1) is 24.3 Å². The molecule has 2 aromatic rings. The second kappa shape index (κ2) is 7.18. The van der Waals surface area contributed by atoms with E-state index in [2.05, 4.69) is 10.5 Å². The van der Waals surface area contributed by atoms with Crippen LogP contribution in [0, 0.1) is 15.9 Å². The van der Waals surface area contributed by atoms with E-state index in [-0.39, 0.29) is 28.3 Å². The molecule has 0 aliphatic carbocycles. The smallest absolute Gasteiger partial charge is 0.274 e. The Labute approximate surface area is 135 Å². The number of benzene rings is 2. The molecule has 0 radical (unpaired) electrons. The second-order valence-electron chi connectivity index (χ2n) is 4.55. The van der Waals surface area contributed by atoms with E-state index in [4.69, 9.17) is 4.74 Å². The summed E-state index contributed by atoms with van der Waals surface area (Å²) in [6.45, 7) is 0. The molecule has 1 amide bonds. The van der Waals surface area contributed by atoms with Crippen molar-refractivity contribution in [1.29, 1.82) is 0 Å². The lowest BCUT2D eigenvalue weighted by atomic mass is 10.1. The number of hydrazone groups is 1. The Balaban J connectivity index is 2.19. The fourth-order valence-corrected chi connectivity index (χ4v) is 1.80. The van der Waals surface area contributed by atoms with Crippen molar-refractivity contribution in [1.82, 2.24) is 5.43 Å². The van der Waals surface area contributed by atoms with Crippen LogP contribution >= 0.6 is 0 Å². The summed E-state index contributed by atoms with van der Waals surface area (Å²) < 4.78 is 17.6. The zero-order valence-electron chi connectivity index (χ0n) is 12.4. The maximum Gasteiger partial charge on any atom is 0.274 e. The van der Waals surface area contributed by atoms with Crippen molar-refractivity contribution >= 4 is 17.8 Å². The zero-order valence-corrected chi connectivity index (χ0v) is 12.4. The average Bonchev–Trinajstić information content (AvgIpc) is 2.56. The number of nitro benzene ring substituents is 1. The number of hydrogen-bond acceptors (Lipinski definition) is 6. The Morgan fingerprint density at radius 1 is 1.38 bits per heavy atom. The van der Waals surface area contributed by atoms with Gasteiger partial charge < -0.3 is 9.84 Å². The number of hydrogen-bond donors (Lipinski definition) is 2. The molecule has 9 heteroatoms. The lowest BCUT2D eigenvalue weighted by molar-refractivity contribution is -0.385. The number of amides is 1. The van der Waals surface area contributed by atoms with Crippen LogP contribution in [0.2, 0.25) is 0 Å². The standard InChI is InChI=1S/C15H12FN3O5/c1-24-13-7-12(19(22)23)6-10(14(13)20)8-17-18-15(21)9-2-4-11(16)5-3-9/h2-8,20H,1H3,(H,18,21)/b17-8+. The van der Waals surface area contributed by atoms with Gasteiger partial charge >= 0.3 is 0 Å². The number of nitrogens with zero attached hydrogens (tertiary/aromatic N) is 2. The van der Waals surface area contributed by atoms with E-state index < -0.39 is 16.6 Å². The largest absolute Gasteiger partial charge is 0.504 e. The maximum absolute atomic E-state index is 12.8. The number of halogens is 1. The molecule has 0 bridgehead atoms. The molecule has 0 aliphatic rings. The van der Waals surface area contributed by atoms with Gasteiger partial charge in [0.25, 0.3) is 11.6 Å². The Morgan fingerprint density at radius 2 is 2.04 bits per heavy atom. The van der Waals surface area contributed by atoms with Crippen molar-refractivity contribution in [2.45, 2.75) is 0 Å². The molecule has 0 aliphatic heterocycles. The predicted molar refractivity (Wildman–Crippen MR) is 82.8 cm³/mol. The summed E-state index contributed by atoms with van der Waals surface area (Å²) >= 11 is 0. The number of non-ortho nitro benzene ring substituents is 1. The number of carbonyl (C=O) groups is 1. The quantitative estimate of drug-likeness (QED) is 0.495. The molecule has 0 aromatic heterocycles. The van der Waals surface area contributed by atoms with Crippen molar-refractivity contribution in [2.75, 3.05) is 7.11 Å². The predicted octanol–water partition coefficient (Wildman–Crippen LogP) is 2.21. The molecule has 0 heterocycles. The van der Waals surface area contributed by atoms with Crippen molar-refractivity contribution in [3.05, 3.63) is 63.5 Å². The minimum absolute atomic E-state index is 0.0135. The highest BCUT2D eigenvalue weighted by Gasteiger charge is 2.15. The molecule has 2 rings (SSSR count). The van der Waals surface area contributed by atoms with E-state index in [1.165, 1.54) is 19.2 Å². The summed E-state index contributed by atoms with van der Waals surface area (Å²) in [6, 6.07) is 6.92. The number of nitro groups is 1. The van der Waals surface area contributed by atoms with Crippen LogP contribution in [0.4, 0.5) is 10.1 Å². The van der Waals surface area contributed by atoms with E-state index in [0.717, 1.165) is 30.5 Å². The topological polar surface area (TPSA) is 114 Å². The number of phenolic OH excluding ortho intramolecular Hbond substituents is 1. The molecule has 0 fully saturated rings. The van der Waals surface area contributed by atoms with Gasteiger partial charge in [0.15, 0.2) is 11.5 Å². The lowest BCUT2D eigenvalue weighted by Gasteiger charge is -2.06. The van der Waals surface area contributed by atoms with Crippen LogP contribution in [0.1, 0.15) is 15.9 Å². The molecule has 0 spiro atoms. The first-order chi connectivity index (χ1) is 11.4. The number of rotatable bonds is 5. The van der Waals surface area contributed by atoms with Crippen LogP contribution in [0.15, 0.2) is 41.5 Å². The number of aromatic hydroxyl groups is 1. The van der Waals surface area contributed by atoms with Crippen molar-refractivity contribution in [2.24, 2.45) is 5.10 Å². The van der Waals surface area contributed by atoms with Gasteiger partial charge in [-0.25, -0.2) is 9.82 Å². The Kier molecular flexibility index (Phi) is 5.05. The summed E-state index contributed by atoms with van der Waals surface area (Å²) in [7, 11) is 1.25. The molecular weight excluding hydrogens is 321 g/mol. The molecule has 0 saturated heterocycles. The fraction of sp³-hybridized carbons (Fsp3) is 0.0667. The van der Waals surface area contributed by atoms with Crippen molar-refractivity contribution in [3.8, 4) is 11.5 Å². The van der Waals surface area contributed by atoms with Gasteiger partial charge in [-0.3, -0.25) is 14.9 Å². The molecule has 2 aromatic carbocycles. The first-order valence-electron chi connectivity index (χ1n) is 6.56. The molecule has 124 valence electrons. The van der Waals surface area contributed by atoms with Gasteiger partial charge in [-0.1, -0.05) is 0 Å². The number of phenols is 1. The van der Waals surface area contributed by atoms with Gasteiger partial charge in [0.2, 0.25) is 0 Å². The fourth-order valence-electron chi connectivity index (χ4n) is 1.80. The third-order valence-corrected chi connectivity index (χ3v) is 3.00. The maximum atomic E-state index is 12.8. The number of methoxy groups -OCH3 is 1. The highest BCUT2D eigenvalue weighted by atomic mass is 19.1. The van der Waals surface area contributed by atoms with Gasteiger partial charge in [-0.15, -0.1) is 0 Å². The molecule has 24 heavy (non-hydrogen) atoms. The highest BCUT2D eigenvalue weighted by Crippen LogP contribution is 2.33. The second-order valence-corrected chi connectivity index (χ2v) is 4.55. The van der Waals surface area contributed by atoms with E-state index in [1.807, 2.05) is 0 Å². The Bertz CT molecular complexity index is 806. The van der Waals surface area contributed by atoms with Crippen molar-refractivity contribution < 1.29 is 24.0 Å². The van der Waals surface area contributed by atoms with Gasteiger partial charge in [0.1, 0.15) is 5.82 Å². The van der Waals surface area contributed by atoms with Crippen LogP contribution in [-0.2, 0) is 0 Å². The first kappa shape index (κ1) is 16.9. The Hall–Kier alpha value is -3.49. The van der Waals surface area contributed by atoms with Crippen LogP contribution < -0.4 is 10.2 Å². The van der Waals surface area contributed by atoms with Gasteiger partial charge in [0, 0.05) is 17.2 Å². The summed E-state index contributed by atoms with van der Waals surface area (Å²) in [5.41, 5.74) is 2.02. The summed E-state index contributed by atoms with van der Waals surface area (Å²) in [4.78, 5) is 22.0. The van der Waals surface area contributed by atoms with Crippen LogP contribution in [0.5, 0.6) is 11.5 Å². The summed E-state index contributed by atoms with van der Waals surface area (Å²) in [5, 5.41) is 24.4. The SMILES string of the molecule is COc1cc([N+](=O)[O-])cc(/C=N/NC(=O)c2ccc(F)cc2)c1O. The number of ether oxygens (including phenoxy) is 1. The Morgan fingerprint density at radius 3 is 2.62 bits per heavy atom. The van der Waals surface area contributed by atoms with E-state index in [1.54, 1.807) is 0 Å². The van der Waals surface area contributed by atoms with Gasteiger partial charge in [-0.2, -0.15) is 5.10 Å². The monoisotopic (exact) mass is 333 g/mol. The number of carbonyl (C=O) groups excluding carboxylic acids is 1. The summed E-state index contributed by atoms with van der Waals surface area (Å²) in [6.07, 6.45) is 1.03. The molecule has 8 nitrogen and oxygen atoms in total. The number of nitrogens with one attached hydrogen (secondary N) is 1. The average molecular weight is 333 g/mol. The van der Waals surface area contributed by atoms with Crippen molar-refractivity contribution in [3.63, 3.8) is 0 Å². The minimum atomic E-state index is -0.656. The zero-order chi connectivity index (χ0) is 17.7. The van der Waals surface area contributed by atoms with Gasteiger partial charge in [-0.05, 0) is 24.3 Å².